The number of tetrazole rings is 1. The number of furan rings is 1. The molecule has 0 bridgehead atoms. The molecule has 3 rings (SSSR count). The Morgan fingerprint density at radius 2 is 2.37 bits per heavy atom. The fraction of sp³-hybridized carbons (Fsp3) is 0.500. The van der Waals surface area contributed by atoms with Crippen LogP contribution in [0, 0.1) is 12.3 Å². The van der Waals surface area contributed by atoms with Crippen molar-refractivity contribution in [1.29, 1.82) is 0 Å². The normalized spacial score (nSPS) is 17.1. The lowest BCUT2D eigenvalue weighted by Crippen LogP contribution is -2.42. The first-order valence-electron chi connectivity index (χ1n) is 6.16. The van der Waals surface area contributed by atoms with E-state index in [9.17, 15) is 9.90 Å². The molecule has 0 unspecified atom stereocenters. The number of carboxylic acid groups (broad SMARTS) is 1. The van der Waals surface area contributed by atoms with Crippen LogP contribution in [0.5, 0.6) is 0 Å². The molecule has 0 amide bonds. The van der Waals surface area contributed by atoms with Gasteiger partial charge >= 0.3 is 5.97 Å². The Morgan fingerprint density at radius 3 is 2.89 bits per heavy atom. The third-order valence-electron chi connectivity index (χ3n) is 3.81. The van der Waals surface area contributed by atoms with E-state index in [1.54, 1.807) is 6.26 Å². The minimum absolute atomic E-state index is 0.283. The van der Waals surface area contributed by atoms with Gasteiger partial charge in [-0.1, -0.05) is 6.42 Å². The number of carboxylic acids is 1. The summed E-state index contributed by atoms with van der Waals surface area (Å²) in [5, 5.41) is 20.8. The van der Waals surface area contributed by atoms with Crippen LogP contribution in [0.3, 0.4) is 0 Å². The van der Waals surface area contributed by atoms with Gasteiger partial charge in [0.05, 0.1) is 18.2 Å². The first-order valence-corrected chi connectivity index (χ1v) is 6.16. The lowest BCUT2D eigenvalue weighted by Gasteiger charge is -2.37. The molecule has 100 valence electrons. The van der Waals surface area contributed by atoms with Crippen LogP contribution in [-0.2, 0) is 11.3 Å². The van der Waals surface area contributed by atoms with E-state index in [-0.39, 0.29) is 6.54 Å². The summed E-state index contributed by atoms with van der Waals surface area (Å²) in [6, 6.07) is 1.82. The Kier molecular flexibility index (Phi) is 2.62. The van der Waals surface area contributed by atoms with E-state index in [0.29, 0.717) is 24.4 Å². The second kappa shape index (κ2) is 4.18. The number of aryl methyl sites for hydroxylation is 1. The van der Waals surface area contributed by atoms with Crippen LogP contribution in [0.15, 0.2) is 16.7 Å². The summed E-state index contributed by atoms with van der Waals surface area (Å²) in [6.45, 7) is 2.18. The molecule has 2 aromatic rings. The van der Waals surface area contributed by atoms with Gasteiger partial charge in [0, 0.05) is 0 Å². The molecule has 1 saturated carbocycles. The fourth-order valence-electron chi connectivity index (χ4n) is 2.41. The highest BCUT2D eigenvalue weighted by molar-refractivity contribution is 5.75. The third-order valence-corrected chi connectivity index (χ3v) is 3.81. The molecule has 1 fully saturated rings. The van der Waals surface area contributed by atoms with Gasteiger partial charge in [-0.15, -0.1) is 5.10 Å². The third kappa shape index (κ3) is 1.81. The highest BCUT2D eigenvalue weighted by Crippen LogP contribution is 2.43. The Labute approximate surface area is 109 Å². The van der Waals surface area contributed by atoms with E-state index in [1.807, 2.05) is 13.0 Å². The van der Waals surface area contributed by atoms with Gasteiger partial charge in [-0.05, 0) is 41.8 Å². The first kappa shape index (κ1) is 11.9. The number of nitrogens with zero attached hydrogens (tertiary/aromatic N) is 4. The molecular weight excluding hydrogens is 248 g/mol. The van der Waals surface area contributed by atoms with Crippen molar-refractivity contribution in [2.24, 2.45) is 5.41 Å². The van der Waals surface area contributed by atoms with Crippen molar-refractivity contribution in [2.45, 2.75) is 32.7 Å². The Hall–Kier alpha value is -2.18. The number of aromatic nitrogens is 4. The molecule has 19 heavy (non-hydrogen) atoms. The Bertz CT molecular complexity index is 612. The summed E-state index contributed by atoms with van der Waals surface area (Å²) in [5.41, 5.74) is 0.194. The number of aliphatic carboxylic acids is 1. The van der Waals surface area contributed by atoms with Crippen molar-refractivity contribution >= 4 is 5.97 Å². The molecule has 1 aliphatic carbocycles. The van der Waals surface area contributed by atoms with E-state index in [1.165, 1.54) is 4.68 Å². The second-order valence-corrected chi connectivity index (χ2v) is 5.03. The summed E-state index contributed by atoms with van der Waals surface area (Å²) in [6.07, 6.45) is 3.83. The maximum atomic E-state index is 11.4. The van der Waals surface area contributed by atoms with Gasteiger partial charge < -0.3 is 9.52 Å². The van der Waals surface area contributed by atoms with E-state index in [4.69, 9.17) is 4.42 Å². The molecule has 0 radical (unpaired) electrons. The molecule has 2 heterocycles. The molecule has 1 aliphatic rings. The topological polar surface area (TPSA) is 94.0 Å². The molecule has 0 aliphatic heterocycles. The van der Waals surface area contributed by atoms with Gasteiger partial charge in [0.1, 0.15) is 0 Å². The van der Waals surface area contributed by atoms with Crippen molar-refractivity contribution in [2.75, 3.05) is 0 Å². The smallest absolute Gasteiger partial charge is 0.311 e. The van der Waals surface area contributed by atoms with Gasteiger partial charge in [-0.3, -0.25) is 4.79 Å². The molecule has 7 heteroatoms. The van der Waals surface area contributed by atoms with Crippen molar-refractivity contribution in [3.63, 3.8) is 0 Å². The predicted octanol–water partition coefficient (Wildman–Crippen LogP) is 1.50. The zero-order valence-electron chi connectivity index (χ0n) is 10.5. The molecule has 2 aromatic heterocycles. The average molecular weight is 262 g/mol. The highest BCUT2D eigenvalue weighted by Gasteiger charge is 2.45. The second-order valence-electron chi connectivity index (χ2n) is 5.03. The highest BCUT2D eigenvalue weighted by atomic mass is 16.4. The van der Waals surface area contributed by atoms with Crippen LogP contribution >= 0.6 is 0 Å². The minimum atomic E-state index is -0.781. The molecule has 0 aromatic carbocycles. The number of hydrogen-bond donors (Lipinski definition) is 1. The van der Waals surface area contributed by atoms with E-state index in [2.05, 4.69) is 15.5 Å². The SMILES string of the molecule is Cc1ccoc1-c1nnnn1CC1(C(=O)O)CCC1. The van der Waals surface area contributed by atoms with Crippen molar-refractivity contribution in [3.05, 3.63) is 17.9 Å². The summed E-state index contributed by atoms with van der Waals surface area (Å²) in [5.74, 6) is 0.288. The van der Waals surface area contributed by atoms with Crippen LogP contribution in [0.4, 0.5) is 0 Å². The van der Waals surface area contributed by atoms with Crippen LogP contribution in [0.1, 0.15) is 24.8 Å². The molecular formula is C12H14N4O3. The van der Waals surface area contributed by atoms with E-state index >= 15 is 0 Å². The minimum Gasteiger partial charge on any atom is -0.481 e. The van der Waals surface area contributed by atoms with Crippen molar-refractivity contribution in [3.8, 4) is 11.6 Å². The number of carbonyl (C=O) groups is 1. The van der Waals surface area contributed by atoms with Gasteiger partial charge in [-0.2, -0.15) is 0 Å². The fourth-order valence-corrected chi connectivity index (χ4v) is 2.41. The van der Waals surface area contributed by atoms with Gasteiger partial charge in [0.15, 0.2) is 5.76 Å². The lowest BCUT2D eigenvalue weighted by atomic mass is 9.69. The summed E-state index contributed by atoms with van der Waals surface area (Å²) < 4.78 is 6.89. The molecule has 0 atom stereocenters. The summed E-state index contributed by atoms with van der Waals surface area (Å²) in [4.78, 5) is 11.4. The van der Waals surface area contributed by atoms with E-state index < -0.39 is 11.4 Å². The maximum absolute atomic E-state index is 11.4. The largest absolute Gasteiger partial charge is 0.481 e. The quantitative estimate of drug-likeness (QED) is 0.897. The average Bonchev–Trinajstić information content (AvgIpc) is 2.91. The van der Waals surface area contributed by atoms with Gasteiger partial charge in [-0.25, -0.2) is 4.68 Å². The zero-order valence-corrected chi connectivity index (χ0v) is 10.5. The van der Waals surface area contributed by atoms with Gasteiger partial charge in [0.25, 0.3) is 0 Å². The first-order chi connectivity index (χ1) is 9.12. The molecule has 7 nitrogen and oxygen atoms in total. The van der Waals surface area contributed by atoms with Gasteiger partial charge in [0.2, 0.25) is 5.82 Å². The lowest BCUT2D eigenvalue weighted by molar-refractivity contribution is -0.156. The molecule has 0 spiro atoms. The number of hydrogen-bond acceptors (Lipinski definition) is 5. The monoisotopic (exact) mass is 262 g/mol. The maximum Gasteiger partial charge on any atom is 0.311 e. The van der Waals surface area contributed by atoms with Crippen LogP contribution < -0.4 is 0 Å². The predicted molar refractivity (Wildman–Crippen MR) is 64.2 cm³/mol. The summed E-state index contributed by atoms with van der Waals surface area (Å²) >= 11 is 0. The summed E-state index contributed by atoms with van der Waals surface area (Å²) in [7, 11) is 0. The van der Waals surface area contributed by atoms with Crippen molar-refractivity contribution in [1.82, 2.24) is 20.2 Å². The standard InChI is InChI=1S/C12H14N4O3/c1-8-3-6-19-9(8)10-13-14-15-16(10)7-12(11(17)18)4-2-5-12/h3,6H,2,4-5,7H2,1H3,(H,17,18). The number of rotatable bonds is 4. The Morgan fingerprint density at radius 1 is 1.58 bits per heavy atom. The molecule has 0 saturated heterocycles. The van der Waals surface area contributed by atoms with Crippen LogP contribution in [-0.4, -0.2) is 31.3 Å². The van der Waals surface area contributed by atoms with Crippen LogP contribution in [0.25, 0.3) is 11.6 Å². The van der Waals surface area contributed by atoms with Crippen LogP contribution in [0.2, 0.25) is 0 Å². The zero-order chi connectivity index (χ0) is 13.5. The van der Waals surface area contributed by atoms with Crippen molar-refractivity contribution < 1.29 is 14.3 Å². The van der Waals surface area contributed by atoms with E-state index in [0.717, 1.165) is 12.0 Å². The molecule has 1 N–H and O–H groups in total. The Balaban J connectivity index is 1.93.